The third kappa shape index (κ3) is 5.45. The van der Waals surface area contributed by atoms with E-state index in [1.807, 2.05) is 12.1 Å². The lowest BCUT2D eigenvalue weighted by Gasteiger charge is -2.21. The number of hydrogen-bond acceptors (Lipinski definition) is 9. The predicted molar refractivity (Wildman–Crippen MR) is 136 cm³/mol. The SMILES string of the molecule is N=C(CC(NC(=O)CC1N=C(Nc2nc3ccccc3o2)NC1=O)c1ccccc1O)c1cccnc1. The molecule has 0 fully saturated rings. The number of rotatable bonds is 8. The van der Waals surface area contributed by atoms with Crippen LogP contribution in [-0.4, -0.2) is 44.6 Å². The molecule has 0 saturated heterocycles. The molecule has 11 nitrogen and oxygen atoms in total. The molecule has 0 spiro atoms. The Balaban J connectivity index is 1.27. The lowest BCUT2D eigenvalue weighted by molar-refractivity contribution is -0.126. The van der Waals surface area contributed by atoms with Gasteiger partial charge in [-0.1, -0.05) is 36.4 Å². The Morgan fingerprint density at radius 1 is 1.14 bits per heavy atom. The highest BCUT2D eigenvalue weighted by Crippen LogP contribution is 2.27. The van der Waals surface area contributed by atoms with Gasteiger partial charge in [0.05, 0.1) is 12.5 Å². The summed E-state index contributed by atoms with van der Waals surface area (Å²) in [4.78, 5) is 38.0. The molecule has 2 amide bonds. The number of pyridine rings is 1. The molecule has 5 N–H and O–H groups in total. The number of carbonyl (C=O) groups excluding carboxylic acids is 2. The van der Waals surface area contributed by atoms with E-state index in [1.165, 1.54) is 6.07 Å². The first-order chi connectivity index (χ1) is 18.0. The summed E-state index contributed by atoms with van der Waals surface area (Å²) in [7, 11) is 0. The number of fused-ring (bicyclic) bond motifs is 1. The Hall–Kier alpha value is -5.06. The first-order valence-electron chi connectivity index (χ1n) is 11.5. The maximum absolute atomic E-state index is 13.0. The van der Waals surface area contributed by atoms with E-state index in [2.05, 4.69) is 30.9 Å². The predicted octanol–water partition coefficient (Wildman–Crippen LogP) is 2.90. The average Bonchev–Trinajstić information content (AvgIpc) is 3.46. The molecule has 2 aromatic heterocycles. The van der Waals surface area contributed by atoms with Crippen LogP contribution in [0.15, 0.2) is 82.5 Å². The van der Waals surface area contributed by atoms with E-state index in [4.69, 9.17) is 9.83 Å². The molecule has 37 heavy (non-hydrogen) atoms. The number of para-hydroxylation sites is 3. The van der Waals surface area contributed by atoms with E-state index < -0.39 is 23.9 Å². The molecule has 1 aliphatic heterocycles. The van der Waals surface area contributed by atoms with Gasteiger partial charge >= 0.3 is 6.01 Å². The Kier molecular flexibility index (Phi) is 6.58. The summed E-state index contributed by atoms with van der Waals surface area (Å²) in [5.41, 5.74) is 2.54. The minimum absolute atomic E-state index is 0.00626. The largest absolute Gasteiger partial charge is 0.508 e. The van der Waals surface area contributed by atoms with Crippen LogP contribution in [0.5, 0.6) is 5.75 Å². The zero-order chi connectivity index (χ0) is 25.8. The molecule has 2 atom stereocenters. The summed E-state index contributed by atoms with van der Waals surface area (Å²) in [6.45, 7) is 0. The molecule has 1 aliphatic rings. The number of hydrogen-bond donors (Lipinski definition) is 5. The Morgan fingerprint density at radius 3 is 2.73 bits per heavy atom. The number of carbonyl (C=O) groups is 2. The molecular weight excluding hydrogens is 474 g/mol. The normalized spacial score (nSPS) is 15.6. The van der Waals surface area contributed by atoms with Crippen LogP contribution in [0.2, 0.25) is 0 Å². The van der Waals surface area contributed by atoms with E-state index in [1.54, 1.807) is 54.9 Å². The molecule has 2 aromatic carbocycles. The van der Waals surface area contributed by atoms with Crippen LogP contribution in [-0.2, 0) is 9.59 Å². The smallest absolute Gasteiger partial charge is 0.302 e. The van der Waals surface area contributed by atoms with Gasteiger partial charge in [0.1, 0.15) is 17.3 Å². The minimum atomic E-state index is -0.963. The highest BCUT2D eigenvalue weighted by atomic mass is 16.4. The number of phenolic OH excluding ortho intramolecular Hbond substituents is 1. The van der Waals surface area contributed by atoms with Gasteiger partial charge in [0, 0.05) is 35.7 Å². The van der Waals surface area contributed by atoms with Crippen LogP contribution in [0.25, 0.3) is 11.1 Å². The lowest BCUT2D eigenvalue weighted by Crippen LogP contribution is -2.36. The number of aliphatic imine (C=N–C) groups is 1. The molecule has 186 valence electrons. The Labute approximate surface area is 211 Å². The van der Waals surface area contributed by atoms with Gasteiger partial charge in [-0.3, -0.25) is 25.2 Å². The summed E-state index contributed by atoms with van der Waals surface area (Å²) < 4.78 is 5.59. The van der Waals surface area contributed by atoms with Crippen LogP contribution in [0.4, 0.5) is 6.01 Å². The van der Waals surface area contributed by atoms with Crippen LogP contribution >= 0.6 is 0 Å². The lowest BCUT2D eigenvalue weighted by atomic mass is 9.97. The van der Waals surface area contributed by atoms with Crippen molar-refractivity contribution in [3.05, 3.63) is 84.2 Å². The second kappa shape index (κ2) is 10.3. The van der Waals surface area contributed by atoms with Crippen molar-refractivity contribution in [1.29, 1.82) is 5.41 Å². The molecule has 0 radical (unpaired) electrons. The van der Waals surface area contributed by atoms with Crippen molar-refractivity contribution in [3.63, 3.8) is 0 Å². The van der Waals surface area contributed by atoms with E-state index in [9.17, 15) is 14.7 Å². The Morgan fingerprint density at radius 2 is 1.95 bits per heavy atom. The van der Waals surface area contributed by atoms with Crippen molar-refractivity contribution in [2.45, 2.75) is 24.9 Å². The van der Waals surface area contributed by atoms with Crippen LogP contribution in [0, 0.1) is 5.41 Å². The van der Waals surface area contributed by atoms with Gasteiger partial charge in [-0.15, -0.1) is 0 Å². The first-order valence-corrected chi connectivity index (χ1v) is 11.5. The zero-order valence-electron chi connectivity index (χ0n) is 19.5. The second-order valence-corrected chi connectivity index (χ2v) is 8.40. The summed E-state index contributed by atoms with van der Waals surface area (Å²) in [5.74, 6) is -0.784. The highest BCUT2D eigenvalue weighted by molar-refractivity contribution is 6.11. The maximum atomic E-state index is 13.0. The van der Waals surface area contributed by atoms with Crippen molar-refractivity contribution in [1.82, 2.24) is 20.6 Å². The molecule has 3 heterocycles. The summed E-state index contributed by atoms with van der Waals surface area (Å²) in [5, 5.41) is 27.1. The van der Waals surface area contributed by atoms with E-state index >= 15 is 0 Å². The summed E-state index contributed by atoms with van der Waals surface area (Å²) >= 11 is 0. The van der Waals surface area contributed by atoms with Gasteiger partial charge in [-0.25, -0.2) is 4.99 Å². The molecule has 0 aliphatic carbocycles. The molecule has 5 rings (SSSR count). The third-order valence-electron chi connectivity index (χ3n) is 5.79. The number of guanidine groups is 1. The topological polar surface area (TPSA) is 166 Å². The fourth-order valence-electron chi connectivity index (χ4n) is 3.99. The number of anilines is 1. The van der Waals surface area contributed by atoms with Crippen LogP contribution < -0.4 is 16.0 Å². The number of aromatic nitrogens is 2. The number of benzene rings is 2. The maximum Gasteiger partial charge on any atom is 0.302 e. The Bertz CT molecular complexity index is 1470. The highest BCUT2D eigenvalue weighted by Gasteiger charge is 2.30. The van der Waals surface area contributed by atoms with Gasteiger partial charge in [0.2, 0.25) is 11.9 Å². The zero-order valence-corrected chi connectivity index (χ0v) is 19.5. The van der Waals surface area contributed by atoms with Crippen molar-refractivity contribution in [2.75, 3.05) is 5.32 Å². The molecule has 0 bridgehead atoms. The fraction of sp³-hybridized carbons (Fsp3) is 0.154. The van der Waals surface area contributed by atoms with Crippen molar-refractivity contribution < 1.29 is 19.1 Å². The molecule has 4 aromatic rings. The van der Waals surface area contributed by atoms with E-state index in [0.717, 1.165) is 0 Å². The van der Waals surface area contributed by atoms with Gasteiger partial charge < -0.3 is 20.2 Å². The van der Waals surface area contributed by atoms with E-state index in [-0.39, 0.29) is 36.3 Å². The van der Waals surface area contributed by atoms with Crippen molar-refractivity contribution in [3.8, 4) is 5.75 Å². The fourth-order valence-corrected chi connectivity index (χ4v) is 3.99. The van der Waals surface area contributed by atoms with Gasteiger partial charge in [0.25, 0.3) is 5.91 Å². The molecule has 0 saturated carbocycles. The number of nitrogens with one attached hydrogen (secondary N) is 4. The van der Waals surface area contributed by atoms with Crippen LogP contribution in [0.1, 0.15) is 30.0 Å². The molecule has 2 unspecified atom stereocenters. The van der Waals surface area contributed by atoms with E-state index in [0.29, 0.717) is 22.2 Å². The second-order valence-electron chi connectivity index (χ2n) is 8.40. The van der Waals surface area contributed by atoms with Crippen molar-refractivity contribution in [2.24, 2.45) is 4.99 Å². The van der Waals surface area contributed by atoms with Crippen molar-refractivity contribution >= 4 is 40.6 Å². The van der Waals surface area contributed by atoms with Gasteiger partial charge in [0.15, 0.2) is 5.58 Å². The monoisotopic (exact) mass is 497 g/mol. The number of oxazole rings is 1. The molecule has 11 heteroatoms. The van der Waals surface area contributed by atoms with Gasteiger partial charge in [-0.2, -0.15) is 4.98 Å². The van der Waals surface area contributed by atoms with Gasteiger partial charge in [-0.05, 0) is 24.3 Å². The quantitative estimate of drug-likeness (QED) is 0.233. The number of amides is 2. The summed E-state index contributed by atoms with van der Waals surface area (Å²) in [6, 6.07) is 15.8. The van der Waals surface area contributed by atoms with Crippen LogP contribution in [0.3, 0.4) is 0 Å². The standard InChI is InChI=1S/C26H23N7O4/c27-17(15-6-5-11-28-14-15)12-19(16-7-1-3-9-21(16)34)29-23(35)13-20-24(36)32-25(30-20)33-26-31-18-8-2-4-10-22(18)37-26/h1-11,14,19-20,27,34H,12-13H2,(H,29,35)(H2,30,31,32,33,36). The minimum Gasteiger partial charge on any atom is -0.508 e. The number of aromatic hydroxyl groups is 1. The summed E-state index contributed by atoms with van der Waals surface area (Å²) in [6.07, 6.45) is 3.06. The molecular formula is C26H23N7O4. The third-order valence-corrected chi connectivity index (χ3v) is 5.79. The number of nitrogens with zero attached hydrogens (tertiary/aromatic N) is 3. The number of phenols is 1. The average molecular weight is 498 g/mol. The first kappa shape index (κ1) is 23.7.